The molecule has 1 saturated heterocycles. The van der Waals surface area contributed by atoms with E-state index >= 15 is 0 Å². The molecule has 3 N–H and O–H groups in total. The van der Waals surface area contributed by atoms with Crippen LogP contribution >= 0.6 is 12.4 Å². The number of pyridine rings is 1. The fourth-order valence-electron chi connectivity index (χ4n) is 3.22. The van der Waals surface area contributed by atoms with Crippen LogP contribution in [-0.4, -0.2) is 55.7 Å². The number of halogens is 1. The maximum Gasteiger partial charge on any atom is 0.407 e. The molecule has 0 aliphatic carbocycles. The van der Waals surface area contributed by atoms with Crippen molar-refractivity contribution in [2.75, 3.05) is 38.2 Å². The molecule has 0 bridgehead atoms. The second-order valence-electron chi connectivity index (χ2n) is 6.57. The number of anilines is 1. The molecule has 3 rings (SSSR count). The SMILES string of the molecule is CNC(O)COC(=O)NCC1CCN(c2nccc3ccccc23)CC1.Cl. The summed E-state index contributed by atoms with van der Waals surface area (Å²) in [6.07, 6.45) is 2.52. The Morgan fingerprint density at radius 3 is 2.81 bits per heavy atom. The van der Waals surface area contributed by atoms with E-state index in [4.69, 9.17) is 4.74 Å². The van der Waals surface area contributed by atoms with Crippen LogP contribution in [0, 0.1) is 5.92 Å². The van der Waals surface area contributed by atoms with Gasteiger partial charge in [0.15, 0.2) is 0 Å². The number of hydrogen-bond acceptors (Lipinski definition) is 6. The highest BCUT2D eigenvalue weighted by Crippen LogP contribution is 2.27. The lowest BCUT2D eigenvalue weighted by Gasteiger charge is -2.33. The van der Waals surface area contributed by atoms with Gasteiger partial charge in [0.25, 0.3) is 0 Å². The van der Waals surface area contributed by atoms with E-state index < -0.39 is 12.3 Å². The van der Waals surface area contributed by atoms with E-state index in [9.17, 15) is 9.90 Å². The number of benzene rings is 1. The highest BCUT2D eigenvalue weighted by Gasteiger charge is 2.22. The van der Waals surface area contributed by atoms with Crippen LogP contribution in [0.25, 0.3) is 10.8 Å². The van der Waals surface area contributed by atoms with E-state index in [0.717, 1.165) is 31.7 Å². The number of aliphatic hydroxyl groups excluding tert-OH is 1. The number of likely N-dealkylation sites (N-methyl/N-ethyl adjacent to an activating group) is 1. The first-order chi connectivity index (χ1) is 12.7. The van der Waals surface area contributed by atoms with Crippen molar-refractivity contribution in [2.45, 2.75) is 19.1 Å². The topological polar surface area (TPSA) is 86.7 Å². The van der Waals surface area contributed by atoms with E-state index in [-0.39, 0.29) is 19.0 Å². The van der Waals surface area contributed by atoms with E-state index in [1.165, 1.54) is 10.8 Å². The lowest BCUT2D eigenvalue weighted by molar-refractivity contribution is 0.0530. The Morgan fingerprint density at radius 2 is 2.07 bits per heavy atom. The number of hydrogen-bond donors (Lipinski definition) is 3. The molecular weight excluding hydrogens is 368 g/mol. The first kappa shape index (κ1) is 21.2. The minimum absolute atomic E-state index is 0. The maximum atomic E-state index is 11.6. The van der Waals surface area contributed by atoms with E-state index in [1.54, 1.807) is 7.05 Å². The molecule has 1 amide bonds. The Balaban J connectivity index is 0.00000261. The van der Waals surface area contributed by atoms with Crippen molar-refractivity contribution in [3.8, 4) is 0 Å². The quantitative estimate of drug-likeness (QED) is 0.651. The molecule has 0 saturated carbocycles. The van der Waals surface area contributed by atoms with Gasteiger partial charge in [0.2, 0.25) is 0 Å². The van der Waals surface area contributed by atoms with Gasteiger partial charge in [-0.1, -0.05) is 24.3 Å². The molecule has 27 heavy (non-hydrogen) atoms. The van der Waals surface area contributed by atoms with Crippen molar-refractivity contribution in [1.82, 2.24) is 15.6 Å². The third kappa shape index (κ3) is 5.69. The standard InChI is InChI=1S/C19H26N4O3.ClH/c1-20-17(24)13-26-19(25)22-12-14-7-10-23(11-8-14)18-16-5-3-2-4-15(16)6-9-21-18;/h2-6,9,14,17,20,24H,7-8,10-13H2,1H3,(H,22,25);1H. The molecule has 1 atom stereocenters. The van der Waals surface area contributed by atoms with Gasteiger partial charge in [-0.2, -0.15) is 0 Å². The summed E-state index contributed by atoms with van der Waals surface area (Å²) in [5, 5.41) is 17.1. The minimum Gasteiger partial charge on any atom is -0.445 e. The molecule has 2 heterocycles. The van der Waals surface area contributed by atoms with E-state index in [1.807, 2.05) is 24.4 Å². The van der Waals surface area contributed by atoms with Crippen molar-refractivity contribution in [3.63, 3.8) is 0 Å². The molecule has 148 valence electrons. The normalized spacial score (nSPS) is 15.9. The van der Waals surface area contributed by atoms with Gasteiger partial charge in [-0.15, -0.1) is 12.4 Å². The summed E-state index contributed by atoms with van der Waals surface area (Å²) in [4.78, 5) is 18.6. The lowest BCUT2D eigenvalue weighted by Crippen LogP contribution is -2.40. The van der Waals surface area contributed by atoms with Gasteiger partial charge < -0.3 is 20.1 Å². The molecule has 1 unspecified atom stereocenters. The van der Waals surface area contributed by atoms with Gasteiger partial charge in [0.1, 0.15) is 18.7 Å². The van der Waals surface area contributed by atoms with Crippen molar-refractivity contribution < 1.29 is 14.6 Å². The predicted molar refractivity (Wildman–Crippen MR) is 108 cm³/mol. The number of alkyl carbamates (subject to hydrolysis) is 1. The Morgan fingerprint density at radius 1 is 1.33 bits per heavy atom. The van der Waals surface area contributed by atoms with Crippen molar-refractivity contribution in [1.29, 1.82) is 0 Å². The molecule has 1 aliphatic rings. The zero-order chi connectivity index (χ0) is 18.4. The number of carbonyl (C=O) groups excluding carboxylic acids is 1. The molecule has 0 spiro atoms. The molecule has 1 aromatic carbocycles. The molecule has 2 aromatic rings. The van der Waals surface area contributed by atoms with E-state index in [2.05, 4.69) is 32.7 Å². The first-order valence-electron chi connectivity index (χ1n) is 9.02. The number of amides is 1. The molecule has 7 nitrogen and oxygen atoms in total. The van der Waals surface area contributed by atoms with Gasteiger partial charge >= 0.3 is 6.09 Å². The van der Waals surface area contributed by atoms with Crippen molar-refractivity contribution in [3.05, 3.63) is 36.5 Å². The Hall–Kier alpha value is -2.09. The molecule has 1 fully saturated rings. The van der Waals surface area contributed by atoms with Crippen LogP contribution in [-0.2, 0) is 4.74 Å². The first-order valence-corrected chi connectivity index (χ1v) is 9.02. The summed E-state index contributed by atoms with van der Waals surface area (Å²) in [6.45, 7) is 2.36. The van der Waals surface area contributed by atoms with Crippen LogP contribution in [0.4, 0.5) is 10.6 Å². The number of fused-ring (bicyclic) bond motifs is 1. The Kier molecular flexibility index (Phi) is 8.09. The third-order valence-corrected chi connectivity index (χ3v) is 4.81. The van der Waals surface area contributed by atoms with Crippen LogP contribution in [0.15, 0.2) is 36.5 Å². The average molecular weight is 395 g/mol. The van der Waals surface area contributed by atoms with E-state index in [0.29, 0.717) is 12.5 Å². The highest BCUT2D eigenvalue weighted by molar-refractivity contribution is 5.92. The van der Waals surface area contributed by atoms with Gasteiger partial charge in [0, 0.05) is 31.2 Å². The molecule has 0 radical (unpaired) electrons. The van der Waals surface area contributed by atoms with Crippen LogP contribution in [0.1, 0.15) is 12.8 Å². The number of rotatable bonds is 6. The summed E-state index contributed by atoms with van der Waals surface area (Å²) in [7, 11) is 1.60. The summed E-state index contributed by atoms with van der Waals surface area (Å²) >= 11 is 0. The fraction of sp³-hybridized carbons (Fsp3) is 0.474. The van der Waals surface area contributed by atoms with Gasteiger partial charge in [-0.25, -0.2) is 9.78 Å². The highest BCUT2D eigenvalue weighted by atomic mass is 35.5. The van der Waals surface area contributed by atoms with Gasteiger partial charge in [0.05, 0.1) is 0 Å². The smallest absolute Gasteiger partial charge is 0.407 e. The molecule has 1 aromatic heterocycles. The summed E-state index contributed by atoms with van der Waals surface area (Å²) in [5.41, 5.74) is 0. The predicted octanol–water partition coefficient (Wildman–Crippen LogP) is 2.14. The van der Waals surface area contributed by atoms with Crippen LogP contribution < -0.4 is 15.5 Å². The van der Waals surface area contributed by atoms with Crippen LogP contribution in [0.2, 0.25) is 0 Å². The molecular formula is C19H27ClN4O3. The fourth-order valence-corrected chi connectivity index (χ4v) is 3.22. The summed E-state index contributed by atoms with van der Waals surface area (Å²) < 4.78 is 4.94. The van der Waals surface area contributed by atoms with Gasteiger partial charge in [-0.3, -0.25) is 5.32 Å². The molecule has 8 heteroatoms. The maximum absolute atomic E-state index is 11.6. The van der Waals surface area contributed by atoms with Crippen molar-refractivity contribution in [2.24, 2.45) is 5.92 Å². The summed E-state index contributed by atoms with van der Waals surface area (Å²) in [5.74, 6) is 1.46. The number of nitrogens with one attached hydrogen (secondary N) is 2. The second-order valence-corrected chi connectivity index (χ2v) is 6.57. The monoisotopic (exact) mass is 394 g/mol. The second kappa shape index (κ2) is 10.3. The number of piperidine rings is 1. The largest absolute Gasteiger partial charge is 0.445 e. The lowest BCUT2D eigenvalue weighted by atomic mass is 9.96. The van der Waals surface area contributed by atoms with Crippen LogP contribution in [0.3, 0.4) is 0 Å². The number of carbonyl (C=O) groups is 1. The Bertz CT molecular complexity index is 732. The van der Waals surface area contributed by atoms with Gasteiger partial charge in [-0.05, 0) is 37.3 Å². The average Bonchev–Trinajstić information content (AvgIpc) is 2.70. The third-order valence-electron chi connectivity index (χ3n) is 4.81. The van der Waals surface area contributed by atoms with Crippen LogP contribution in [0.5, 0.6) is 0 Å². The zero-order valence-electron chi connectivity index (χ0n) is 15.4. The number of ether oxygens (including phenoxy) is 1. The summed E-state index contributed by atoms with van der Waals surface area (Å²) in [6, 6.07) is 10.3. The molecule has 1 aliphatic heterocycles. The van der Waals surface area contributed by atoms with Crippen molar-refractivity contribution >= 4 is 35.1 Å². The number of aromatic nitrogens is 1. The number of nitrogens with zero attached hydrogens (tertiary/aromatic N) is 2. The zero-order valence-corrected chi connectivity index (χ0v) is 16.2. The number of aliphatic hydroxyl groups is 1. The Labute approximate surface area is 165 Å². The minimum atomic E-state index is -0.836.